The predicted octanol–water partition coefficient (Wildman–Crippen LogP) is 1.54. The Balaban J connectivity index is 3.36. The molecular weight excluding hydrogens is 90.1 g/mol. The zero-order valence-electron chi connectivity index (χ0n) is 4.64. The molecule has 0 fully saturated rings. The fourth-order valence-electron chi connectivity index (χ4n) is 0.155. The van der Waals surface area contributed by atoms with Gasteiger partial charge < -0.3 is 4.84 Å². The van der Waals surface area contributed by atoms with Gasteiger partial charge in [-0.3, -0.25) is 0 Å². The number of hydrogen-bond acceptors (Lipinski definition) is 2. The number of allylic oxidation sites excluding steroid dienone is 2. The normalized spacial score (nSPS) is 10.9. The molecule has 0 saturated heterocycles. The van der Waals surface area contributed by atoms with Gasteiger partial charge >= 0.3 is 0 Å². The zero-order valence-corrected chi connectivity index (χ0v) is 4.64. The first kappa shape index (κ1) is 6.21. The molecule has 0 bridgehead atoms. The molecule has 0 rings (SSSR count). The molecule has 0 aromatic rings. The molecule has 0 aliphatic carbocycles. The topological polar surface area (TPSA) is 21.6 Å². The van der Waals surface area contributed by atoms with Gasteiger partial charge in [0.1, 0.15) is 5.76 Å². The molecule has 7 heavy (non-hydrogen) atoms. The van der Waals surface area contributed by atoms with Crippen molar-refractivity contribution in [2.75, 3.05) is 0 Å². The Morgan fingerprint density at radius 3 is 2.57 bits per heavy atom. The highest BCUT2D eigenvalue weighted by Gasteiger charge is 1.77. The molecule has 0 radical (unpaired) electrons. The van der Waals surface area contributed by atoms with E-state index in [1.807, 2.05) is 19.9 Å². The fourth-order valence-corrected chi connectivity index (χ4v) is 0.155. The van der Waals surface area contributed by atoms with Gasteiger partial charge in [-0.15, -0.1) is 0 Å². The molecule has 0 atom stereocenters. The summed E-state index contributed by atoms with van der Waals surface area (Å²) in [5.74, 6) is 0.773. The summed E-state index contributed by atoms with van der Waals surface area (Å²) >= 11 is 0. The number of nitrogens with zero attached hydrogens (tertiary/aromatic N) is 1. The highest BCUT2D eigenvalue weighted by atomic mass is 16.6. The van der Waals surface area contributed by atoms with Gasteiger partial charge in [-0.1, -0.05) is 5.16 Å². The van der Waals surface area contributed by atoms with E-state index in [1.54, 1.807) is 0 Å². The van der Waals surface area contributed by atoms with Crippen LogP contribution in [0.4, 0.5) is 0 Å². The maximum Gasteiger partial charge on any atom is 0.127 e. The third-order valence-corrected chi connectivity index (χ3v) is 0.615. The van der Waals surface area contributed by atoms with Crippen LogP contribution < -0.4 is 0 Å². The van der Waals surface area contributed by atoms with Crippen LogP contribution >= 0.6 is 0 Å². The molecular formula is C5H9NO. The summed E-state index contributed by atoms with van der Waals surface area (Å²) in [7, 11) is 0. The Kier molecular flexibility index (Phi) is 3.02. The van der Waals surface area contributed by atoms with Gasteiger partial charge in [0.05, 0.1) is 0 Å². The smallest absolute Gasteiger partial charge is 0.127 e. The van der Waals surface area contributed by atoms with Crippen molar-refractivity contribution in [3.05, 3.63) is 11.8 Å². The van der Waals surface area contributed by atoms with Crippen molar-refractivity contribution in [1.29, 1.82) is 0 Å². The standard InChI is InChI=1S/C5H9NO/c1-4-5(2)7-6-3/h4H,3H2,1-2H3/b5-4-. The molecule has 0 aromatic heterocycles. The van der Waals surface area contributed by atoms with Gasteiger partial charge in [-0.05, 0) is 19.9 Å². The van der Waals surface area contributed by atoms with E-state index in [4.69, 9.17) is 0 Å². The van der Waals surface area contributed by atoms with E-state index < -0.39 is 0 Å². The summed E-state index contributed by atoms with van der Waals surface area (Å²) in [5.41, 5.74) is 0. The number of oxime groups is 1. The van der Waals surface area contributed by atoms with Crippen molar-refractivity contribution in [3.8, 4) is 0 Å². The lowest BCUT2D eigenvalue weighted by Gasteiger charge is -1.90. The number of hydrogen-bond donors (Lipinski definition) is 0. The summed E-state index contributed by atoms with van der Waals surface area (Å²) in [6, 6.07) is 0. The molecule has 40 valence electrons. The molecule has 0 unspecified atom stereocenters. The van der Waals surface area contributed by atoms with Gasteiger partial charge in [0.2, 0.25) is 0 Å². The maximum absolute atomic E-state index is 4.57. The molecule has 0 aliphatic heterocycles. The van der Waals surface area contributed by atoms with Gasteiger partial charge in [-0.2, -0.15) is 0 Å². The second kappa shape index (κ2) is 3.40. The van der Waals surface area contributed by atoms with E-state index in [9.17, 15) is 0 Å². The lowest BCUT2D eigenvalue weighted by molar-refractivity contribution is 0.232. The van der Waals surface area contributed by atoms with Crippen LogP contribution in [-0.2, 0) is 4.84 Å². The van der Waals surface area contributed by atoms with Crippen LogP contribution in [0.1, 0.15) is 13.8 Å². The van der Waals surface area contributed by atoms with Crippen LogP contribution in [0.25, 0.3) is 0 Å². The minimum Gasteiger partial charge on any atom is -0.363 e. The monoisotopic (exact) mass is 99.1 g/mol. The van der Waals surface area contributed by atoms with Crippen LogP contribution in [0.3, 0.4) is 0 Å². The maximum atomic E-state index is 4.57. The molecule has 0 N–H and O–H groups in total. The zero-order chi connectivity index (χ0) is 5.70. The summed E-state index contributed by atoms with van der Waals surface area (Å²) < 4.78 is 0. The lowest BCUT2D eigenvalue weighted by Crippen LogP contribution is -1.73. The summed E-state index contributed by atoms with van der Waals surface area (Å²) in [4.78, 5) is 4.57. The average molecular weight is 99.1 g/mol. The van der Waals surface area contributed by atoms with E-state index in [2.05, 4.69) is 16.7 Å². The van der Waals surface area contributed by atoms with Crippen molar-refractivity contribution in [1.82, 2.24) is 0 Å². The van der Waals surface area contributed by atoms with E-state index in [-0.39, 0.29) is 0 Å². The van der Waals surface area contributed by atoms with E-state index >= 15 is 0 Å². The minimum absolute atomic E-state index is 0.773. The highest BCUT2D eigenvalue weighted by Crippen LogP contribution is 1.91. The molecule has 0 aromatic carbocycles. The van der Waals surface area contributed by atoms with E-state index in [1.165, 1.54) is 0 Å². The van der Waals surface area contributed by atoms with Crippen molar-refractivity contribution in [2.24, 2.45) is 5.16 Å². The van der Waals surface area contributed by atoms with Crippen LogP contribution in [0.15, 0.2) is 17.0 Å². The Morgan fingerprint density at radius 1 is 1.86 bits per heavy atom. The largest absolute Gasteiger partial charge is 0.363 e. The van der Waals surface area contributed by atoms with Gasteiger partial charge in [-0.25, -0.2) is 0 Å². The molecule has 0 aliphatic rings. The lowest BCUT2D eigenvalue weighted by atomic mass is 10.5. The van der Waals surface area contributed by atoms with Crippen molar-refractivity contribution in [2.45, 2.75) is 13.8 Å². The molecule has 0 saturated carbocycles. The predicted molar refractivity (Wildman–Crippen MR) is 30.1 cm³/mol. The summed E-state index contributed by atoms with van der Waals surface area (Å²) in [6.07, 6.45) is 1.81. The van der Waals surface area contributed by atoms with E-state index in [0.29, 0.717) is 0 Å². The average Bonchev–Trinajstić information content (AvgIpc) is 1.68. The first-order valence-electron chi connectivity index (χ1n) is 2.07. The molecule has 2 heteroatoms. The first-order valence-corrected chi connectivity index (χ1v) is 2.07. The Bertz CT molecular complexity index is 86.1. The van der Waals surface area contributed by atoms with Crippen molar-refractivity contribution < 1.29 is 4.84 Å². The Morgan fingerprint density at radius 2 is 2.43 bits per heavy atom. The van der Waals surface area contributed by atoms with Gasteiger partial charge in [0, 0.05) is 6.72 Å². The third kappa shape index (κ3) is 3.03. The van der Waals surface area contributed by atoms with Crippen LogP contribution in [-0.4, -0.2) is 6.72 Å². The van der Waals surface area contributed by atoms with Gasteiger partial charge in [0.25, 0.3) is 0 Å². The van der Waals surface area contributed by atoms with Crippen molar-refractivity contribution >= 4 is 6.72 Å². The highest BCUT2D eigenvalue weighted by molar-refractivity contribution is 5.21. The molecule has 2 nitrogen and oxygen atoms in total. The van der Waals surface area contributed by atoms with Crippen LogP contribution in [0.2, 0.25) is 0 Å². The quantitative estimate of drug-likeness (QED) is 0.292. The second-order valence-electron chi connectivity index (χ2n) is 1.12. The summed E-state index contributed by atoms with van der Waals surface area (Å²) in [6.45, 7) is 6.83. The first-order chi connectivity index (χ1) is 3.31. The molecule has 0 heterocycles. The third-order valence-electron chi connectivity index (χ3n) is 0.615. The number of rotatable bonds is 2. The van der Waals surface area contributed by atoms with Gasteiger partial charge in [0.15, 0.2) is 0 Å². The Hall–Kier alpha value is -0.790. The van der Waals surface area contributed by atoms with Crippen molar-refractivity contribution in [3.63, 3.8) is 0 Å². The Labute approximate surface area is 43.5 Å². The molecule has 0 spiro atoms. The molecule has 0 amide bonds. The van der Waals surface area contributed by atoms with Crippen LogP contribution in [0.5, 0.6) is 0 Å². The summed E-state index contributed by atoms with van der Waals surface area (Å²) in [5, 5.41) is 3.19. The van der Waals surface area contributed by atoms with Crippen LogP contribution in [0, 0.1) is 0 Å². The SMILES string of the molecule is C=NO/C(C)=C\C. The second-order valence-corrected chi connectivity index (χ2v) is 1.12. The minimum atomic E-state index is 0.773. The fraction of sp³-hybridized carbons (Fsp3) is 0.400. The van der Waals surface area contributed by atoms with E-state index in [0.717, 1.165) is 5.76 Å².